The Morgan fingerprint density at radius 3 is 2.31 bits per heavy atom. The second kappa shape index (κ2) is 11.6. The first-order valence-corrected chi connectivity index (χ1v) is 19.8. The van der Waals surface area contributed by atoms with Crippen LogP contribution in [-0.4, -0.2) is 48.4 Å². The summed E-state index contributed by atoms with van der Waals surface area (Å²) < 4.78 is 52.3. The van der Waals surface area contributed by atoms with Crippen LogP contribution in [0, 0.1) is 23.7 Å². The molecule has 4 rings (SSSR count). The van der Waals surface area contributed by atoms with E-state index in [9.17, 15) is 8.42 Å². The number of benzene rings is 1. The largest absolute Gasteiger partial charge is 0.413 e. The summed E-state index contributed by atoms with van der Waals surface area (Å²) in [5, 5.41) is 0.119. The molecule has 0 N–H and O–H groups in total. The first-order chi connectivity index (χ1) is 19.3. The van der Waals surface area contributed by atoms with Gasteiger partial charge in [-0.15, -0.1) is 0 Å². The molecule has 6 nitrogen and oxygen atoms in total. The van der Waals surface area contributed by atoms with E-state index in [2.05, 4.69) is 68.1 Å². The number of aryl methyl sites for hydroxylation is 1. The van der Waals surface area contributed by atoms with Gasteiger partial charge in [-0.3, -0.25) is 4.18 Å². The summed E-state index contributed by atoms with van der Waals surface area (Å²) in [5.74, 6) is -0.109. The number of ether oxygens (including phenoxy) is 2. The van der Waals surface area contributed by atoms with Gasteiger partial charge in [-0.1, -0.05) is 77.0 Å². The van der Waals surface area contributed by atoms with Crippen molar-refractivity contribution in [3.05, 3.63) is 53.1 Å². The van der Waals surface area contributed by atoms with Crippen LogP contribution in [-0.2, 0) is 28.2 Å². The van der Waals surface area contributed by atoms with Gasteiger partial charge in [-0.25, -0.2) is 0 Å². The quantitative estimate of drug-likeness (QED) is 0.166. The van der Waals surface area contributed by atoms with E-state index in [-0.39, 0.29) is 40.8 Å². The topological polar surface area (TPSA) is 71.1 Å². The van der Waals surface area contributed by atoms with Crippen molar-refractivity contribution >= 4 is 18.4 Å². The van der Waals surface area contributed by atoms with Gasteiger partial charge in [0.1, 0.15) is 12.4 Å². The van der Waals surface area contributed by atoms with E-state index >= 15 is 0 Å². The van der Waals surface area contributed by atoms with E-state index in [1.165, 1.54) is 11.1 Å². The van der Waals surface area contributed by atoms with Crippen LogP contribution < -0.4 is 0 Å². The van der Waals surface area contributed by atoms with Gasteiger partial charge in [0.2, 0.25) is 0 Å². The van der Waals surface area contributed by atoms with Crippen molar-refractivity contribution in [1.29, 1.82) is 0 Å². The predicted molar refractivity (Wildman–Crippen MR) is 171 cm³/mol. The molecule has 0 unspecified atom stereocenters. The van der Waals surface area contributed by atoms with Crippen LogP contribution in [0.2, 0.25) is 18.1 Å². The average Bonchev–Trinajstić information content (AvgIpc) is 3.30. The highest BCUT2D eigenvalue weighted by molar-refractivity contribution is 7.86. The van der Waals surface area contributed by atoms with E-state index < -0.39 is 29.5 Å². The van der Waals surface area contributed by atoms with Crippen LogP contribution in [0.15, 0.2) is 52.5 Å². The number of hydrogen-bond acceptors (Lipinski definition) is 6. The van der Waals surface area contributed by atoms with E-state index in [0.29, 0.717) is 6.61 Å². The molecule has 1 heterocycles. The molecule has 1 aromatic rings. The van der Waals surface area contributed by atoms with Crippen LogP contribution in [0.3, 0.4) is 0 Å². The maximum absolute atomic E-state index is 13.2. The standard InChI is InChI=1S/C34H54O6SSi/c1-24-14-16-27(17-15-24)41(35,36)39-22-33(9)19-12-13-26(3)29(33)30-34(38-23-37-30)20-18-25(2)28(32(34,7)8)21-40-42(10,11)31(4,5)6/h14-17,29-30H,3,12-13,18-23H2,1-2,4-11H3/t29-,30-,33-,34+/m0/s1. The fraction of sp³-hybridized carbons (Fsp3) is 0.706. The van der Waals surface area contributed by atoms with Gasteiger partial charge < -0.3 is 13.9 Å². The molecule has 236 valence electrons. The molecule has 3 aliphatic rings. The van der Waals surface area contributed by atoms with E-state index in [0.717, 1.165) is 43.2 Å². The Kier molecular flexibility index (Phi) is 9.25. The molecule has 2 aliphatic carbocycles. The van der Waals surface area contributed by atoms with Gasteiger partial charge in [0.15, 0.2) is 8.32 Å². The summed E-state index contributed by atoms with van der Waals surface area (Å²) in [7, 11) is -5.88. The Labute approximate surface area is 256 Å². The molecule has 1 saturated heterocycles. The van der Waals surface area contributed by atoms with Crippen molar-refractivity contribution in [2.45, 2.75) is 122 Å². The third-order valence-electron chi connectivity index (χ3n) is 11.2. The fourth-order valence-electron chi connectivity index (χ4n) is 7.19. The molecule has 0 aromatic heterocycles. The van der Waals surface area contributed by atoms with Crippen molar-refractivity contribution in [3.63, 3.8) is 0 Å². The second-order valence-electron chi connectivity index (χ2n) is 15.3. The van der Waals surface area contributed by atoms with Gasteiger partial charge in [-0.2, -0.15) is 8.42 Å². The summed E-state index contributed by atoms with van der Waals surface area (Å²) >= 11 is 0. The average molecular weight is 619 g/mol. The molecule has 2 fully saturated rings. The molecule has 0 bridgehead atoms. The van der Waals surface area contributed by atoms with Gasteiger partial charge in [0.05, 0.1) is 24.2 Å². The zero-order chi connectivity index (χ0) is 31.4. The lowest BCUT2D eigenvalue weighted by molar-refractivity contribution is -0.114. The zero-order valence-electron chi connectivity index (χ0n) is 27.7. The van der Waals surface area contributed by atoms with Crippen LogP contribution in [0.4, 0.5) is 0 Å². The molecule has 1 saturated carbocycles. The van der Waals surface area contributed by atoms with Gasteiger partial charge in [0, 0.05) is 16.7 Å². The minimum absolute atomic E-state index is 0.0689. The summed E-state index contributed by atoms with van der Waals surface area (Å²) in [6, 6.07) is 6.81. The van der Waals surface area contributed by atoms with Crippen molar-refractivity contribution < 1.29 is 26.5 Å². The zero-order valence-corrected chi connectivity index (χ0v) is 29.5. The summed E-state index contributed by atoms with van der Waals surface area (Å²) in [5.41, 5.74) is 3.35. The Morgan fingerprint density at radius 1 is 1.05 bits per heavy atom. The molecule has 1 aliphatic heterocycles. The van der Waals surface area contributed by atoms with Crippen LogP contribution in [0.5, 0.6) is 0 Å². The van der Waals surface area contributed by atoms with Crippen molar-refractivity contribution in [2.75, 3.05) is 20.0 Å². The molecule has 4 atom stereocenters. The van der Waals surface area contributed by atoms with Crippen LogP contribution in [0.1, 0.15) is 86.1 Å². The number of rotatable bonds is 8. The van der Waals surface area contributed by atoms with Gasteiger partial charge in [-0.05, 0) is 81.8 Å². The molecule has 1 aromatic carbocycles. The Morgan fingerprint density at radius 2 is 1.69 bits per heavy atom. The lowest BCUT2D eigenvalue weighted by atomic mass is 9.54. The Bertz CT molecular complexity index is 1310. The van der Waals surface area contributed by atoms with Crippen molar-refractivity contribution in [1.82, 2.24) is 0 Å². The first-order valence-electron chi connectivity index (χ1n) is 15.5. The smallest absolute Gasteiger partial charge is 0.296 e. The normalized spacial score (nSPS) is 30.8. The fourth-order valence-corrected chi connectivity index (χ4v) is 9.16. The summed E-state index contributed by atoms with van der Waals surface area (Å²) in [6.07, 6.45) is 4.13. The van der Waals surface area contributed by atoms with E-state index in [4.69, 9.17) is 18.1 Å². The third kappa shape index (κ3) is 6.01. The van der Waals surface area contributed by atoms with Crippen LogP contribution in [0.25, 0.3) is 0 Å². The van der Waals surface area contributed by atoms with E-state index in [1.54, 1.807) is 24.3 Å². The number of hydrogen-bond donors (Lipinski definition) is 0. The van der Waals surface area contributed by atoms with Gasteiger partial charge >= 0.3 is 0 Å². The molecule has 0 radical (unpaired) electrons. The number of allylic oxidation sites excluding steroid dienone is 1. The summed E-state index contributed by atoms with van der Waals surface area (Å²) in [4.78, 5) is 0.181. The van der Waals surface area contributed by atoms with Gasteiger partial charge in [0.25, 0.3) is 10.1 Å². The molecule has 1 spiro atoms. The lowest BCUT2D eigenvalue weighted by Gasteiger charge is -2.56. The first kappa shape index (κ1) is 33.6. The maximum atomic E-state index is 13.2. The molecular weight excluding hydrogens is 565 g/mol. The Balaban J connectivity index is 1.65. The molecule has 0 amide bonds. The monoisotopic (exact) mass is 618 g/mol. The maximum Gasteiger partial charge on any atom is 0.296 e. The van der Waals surface area contributed by atoms with Crippen molar-refractivity contribution in [3.8, 4) is 0 Å². The highest BCUT2D eigenvalue weighted by Gasteiger charge is 2.63. The summed E-state index contributed by atoms with van der Waals surface area (Å²) in [6.45, 7) is 27.7. The molecular formula is C34H54O6SSi. The highest BCUT2D eigenvalue weighted by Crippen LogP contribution is 2.60. The minimum Gasteiger partial charge on any atom is -0.413 e. The van der Waals surface area contributed by atoms with Crippen molar-refractivity contribution in [2.24, 2.45) is 16.7 Å². The molecule has 8 heteroatoms. The third-order valence-corrected chi connectivity index (χ3v) is 17.0. The second-order valence-corrected chi connectivity index (χ2v) is 21.8. The predicted octanol–water partition coefficient (Wildman–Crippen LogP) is 8.33. The molecule has 42 heavy (non-hydrogen) atoms. The highest BCUT2D eigenvalue weighted by atomic mass is 32.2. The minimum atomic E-state index is -3.91. The van der Waals surface area contributed by atoms with E-state index in [1.807, 2.05) is 6.92 Å². The SMILES string of the molecule is C=C1CCC[C@@](C)(COS(=O)(=O)c2ccc(C)cc2)[C@@H]1[C@@H]1OCO[C@]12CCC(C)=C(CO[Si](C)(C)C(C)(C)C)C2(C)C. The van der Waals surface area contributed by atoms with Crippen LogP contribution >= 0.6 is 0 Å². The lowest BCUT2D eigenvalue weighted by Crippen LogP contribution is -2.61. The Hall–Kier alpha value is -1.29.